The Bertz CT molecular complexity index is 655. The molecule has 0 saturated carbocycles. The van der Waals surface area contributed by atoms with Crippen LogP contribution in [0.4, 0.5) is 5.69 Å². The van der Waals surface area contributed by atoms with Crippen molar-refractivity contribution in [2.24, 2.45) is 4.99 Å². The average molecular weight is 282 g/mol. The monoisotopic (exact) mass is 282 g/mol. The van der Waals surface area contributed by atoms with Gasteiger partial charge >= 0.3 is 0 Å². The molecule has 4 nitrogen and oxygen atoms in total. The Hall–Kier alpha value is -2.17. The summed E-state index contributed by atoms with van der Waals surface area (Å²) in [5.74, 6) is 0.517. The molecule has 0 bridgehead atoms. The Kier molecular flexibility index (Phi) is 3.73. The number of benzene rings is 2. The Morgan fingerprint density at radius 1 is 1.00 bits per heavy atom. The van der Waals surface area contributed by atoms with Crippen LogP contribution in [0.15, 0.2) is 59.6 Å². The van der Waals surface area contributed by atoms with E-state index in [1.165, 1.54) is 0 Å². The van der Waals surface area contributed by atoms with E-state index < -0.39 is 5.60 Å². The minimum atomic E-state index is -1.26. The molecule has 1 atom stereocenters. The molecule has 0 aliphatic carbocycles. The van der Waals surface area contributed by atoms with Crippen molar-refractivity contribution < 1.29 is 10.2 Å². The van der Waals surface area contributed by atoms with Crippen molar-refractivity contribution in [3.63, 3.8) is 0 Å². The van der Waals surface area contributed by atoms with Crippen molar-refractivity contribution in [1.82, 2.24) is 0 Å². The third kappa shape index (κ3) is 2.33. The van der Waals surface area contributed by atoms with Gasteiger partial charge in [-0.2, -0.15) is 0 Å². The molecule has 108 valence electrons. The standard InChI is InChI=1S/C17H18N2O2/c20-12-6-11-18-16-17(21,13-7-2-1-3-8-13)14-9-4-5-10-15(14)19-16/h1-5,7-10,20-21H,6,11-12H2,(H,18,19). The highest BCUT2D eigenvalue weighted by atomic mass is 16.3. The largest absolute Gasteiger partial charge is 0.396 e. The van der Waals surface area contributed by atoms with Gasteiger partial charge in [-0.3, -0.25) is 4.99 Å². The number of aliphatic hydroxyl groups is 2. The van der Waals surface area contributed by atoms with Crippen LogP contribution in [0.25, 0.3) is 0 Å². The normalized spacial score (nSPS) is 22.1. The number of amidine groups is 1. The van der Waals surface area contributed by atoms with E-state index in [0.717, 1.165) is 16.8 Å². The lowest BCUT2D eigenvalue weighted by Gasteiger charge is -2.24. The van der Waals surface area contributed by atoms with Crippen LogP contribution in [0.3, 0.4) is 0 Å². The number of nitrogens with zero attached hydrogens (tertiary/aromatic N) is 1. The number of aliphatic hydroxyl groups excluding tert-OH is 1. The van der Waals surface area contributed by atoms with Gasteiger partial charge in [0, 0.05) is 24.4 Å². The predicted molar refractivity (Wildman–Crippen MR) is 83.5 cm³/mol. The van der Waals surface area contributed by atoms with Gasteiger partial charge in [0.1, 0.15) is 5.84 Å². The highest BCUT2D eigenvalue weighted by Gasteiger charge is 2.44. The quantitative estimate of drug-likeness (QED) is 0.753. The summed E-state index contributed by atoms with van der Waals surface area (Å²) in [6.45, 7) is 0.565. The molecule has 4 heteroatoms. The first kappa shape index (κ1) is 13.8. The Labute approximate surface area is 123 Å². The minimum absolute atomic E-state index is 0.0908. The zero-order chi connectivity index (χ0) is 14.7. The van der Waals surface area contributed by atoms with E-state index in [-0.39, 0.29) is 6.61 Å². The van der Waals surface area contributed by atoms with E-state index >= 15 is 0 Å². The van der Waals surface area contributed by atoms with Crippen LogP contribution in [-0.4, -0.2) is 29.2 Å². The molecule has 1 unspecified atom stereocenters. The summed E-state index contributed by atoms with van der Waals surface area (Å²) in [5.41, 5.74) is 1.20. The van der Waals surface area contributed by atoms with Crippen molar-refractivity contribution >= 4 is 11.5 Å². The molecule has 2 aromatic carbocycles. The van der Waals surface area contributed by atoms with Crippen LogP contribution >= 0.6 is 0 Å². The van der Waals surface area contributed by atoms with Gasteiger partial charge in [-0.05, 0) is 18.1 Å². The molecule has 0 saturated heterocycles. The zero-order valence-electron chi connectivity index (χ0n) is 11.7. The molecule has 1 heterocycles. The second kappa shape index (κ2) is 5.68. The molecule has 2 aromatic rings. The summed E-state index contributed by atoms with van der Waals surface area (Å²) in [4.78, 5) is 4.45. The van der Waals surface area contributed by atoms with E-state index in [2.05, 4.69) is 10.3 Å². The molecular formula is C17H18N2O2. The number of anilines is 1. The van der Waals surface area contributed by atoms with Gasteiger partial charge in [-0.1, -0.05) is 48.5 Å². The first-order valence-corrected chi connectivity index (χ1v) is 7.07. The first-order chi connectivity index (χ1) is 10.3. The topological polar surface area (TPSA) is 64.9 Å². The lowest BCUT2D eigenvalue weighted by atomic mass is 9.87. The van der Waals surface area contributed by atoms with Crippen LogP contribution in [0.1, 0.15) is 17.5 Å². The number of aliphatic imine (C=N–C) groups is 1. The van der Waals surface area contributed by atoms with Gasteiger partial charge in [-0.25, -0.2) is 0 Å². The molecule has 0 fully saturated rings. The molecule has 3 N–H and O–H groups in total. The van der Waals surface area contributed by atoms with E-state index in [1.54, 1.807) is 0 Å². The summed E-state index contributed by atoms with van der Waals surface area (Å²) < 4.78 is 0. The average Bonchev–Trinajstić information content (AvgIpc) is 2.83. The molecular weight excluding hydrogens is 264 g/mol. The molecule has 0 amide bonds. The maximum atomic E-state index is 11.3. The summed E-state index contributed by atoms with van der Waals surface area (Å²) in [5, 5.41) is 23.4. The molecule has 3 rings (SSSR count). The molecule has 1 aliphatic rings. The smallest absolute Gasteiger partial charge is 0.174 e. The van der Waals surface area contributed by atoms with Crippen molar-refractivity contribution in [3.05, 3.63) is 65.7 Å². The van der Waals surface area contributed by atoms with Gasteiger partial charge in [0.05, 0.1) is 0 Å². The lowest BCUT2D eigenvalue weighted by Crippen LogP contribution is -2.35. The summed E-state index contributed by atoms with van der Waals surface area (Å²) >= 11 is 0. The highest BCUT2D eigenvalue weighted by molar-refractivity contribution is 6.10. The number of hydrogen-bond acceptors (Lipinski definition) is 3. The van der Waals surface area contributed by atoms with E-state index in [9.17, 15) is 5.11 Å². The van der Waals surface area contributed by atoms with Crippen LogP contribution in [0.5, 0.6) is 0 Å². The van der Waals surface area contributed by atoms with Crippen molar-refractivity contribution in [2.75, 3.05) is 18.5 Å². The second-order valence-corrected chi connectivity index (χ2v) is 5.05. The number of rotatable bonds is 4. The second-order valence-electron chi connectivity index (χ2n) is 5.05. The van der Waals surface area contributed by atoms with Crippen LogP contribution in [0, 0.1) is 0 Å². The van der Waals surface area contributed by atoms with E-state index in [1.807, 2.05) is 54.6 Å². The fourth-order valence-corrected chi connectivity index (χ4v) is 2.64. The van der Waals surface area contributed by atoms with Crippen molar-refractivity contribution in [1.29, 1.82) is 0 Å². The third-order valence-corrected chi connectivity index (χ3v) is 3.69. The number of fused-ring (bicyclic) bond motifs is 1. The van der Waals surface area contributed by atoms with Gasteiger partial charge in [0.2, 0.25) is 0 Å². The fourth-order valence-electron chi connectivity index (χ4n) is 2.64. The SMILES string of the molecule is OCCCN=C1Nc2ccccc2C1(O)c1ccccc1. The zero-order valence-corrected chi connectivity index (χ0v) is 11.7. The maximum Gasteiger partial charge on any atom is 0.174 e. The van der Waals surface area contributed by atoms with E-state index in [4.69, 9.17) is 5.11 Å². The number of para-hydroxylation sites is 1. The third-order valence-electron chi connectivity index (χ3n) is 3.69. The van der Waals surface area contributed by atoms with Crippen LogP contribution in [-0.2, 0) is 5.60 Å². The summed E-state index contributed by atoms with van der Waals surface area (Å²) in [7, 11) is 0. The molecule has 21 heavy (non-hydrogen) atoms. The van der Waals surface area contributed by atoms with Crippen LogP contribution < -0.4 is 5.32 Å². The maximum absolute atomic E-state index is 11.3. The Morgan fingerprint density at radius 2 is 1.71 bits per heavy atom. The van der Waals surface area contributed by atoms with E-state index in [0.29, 0.717) is 18.8 Å². The molecule has 0 radical (unpaired) electrons. The van der Waals surface area contributed by atoms with Gasteiger partial charge in [-0.15, -0.1) is 0 Å². The molecule has 0 spiro atoms. The van der Waals surface area contributed by atoms with Crippen LogP contribution in [0.2, 0.25) is 0 Å². The van der Waals surface area contributed by atoms with Crippen molar-refractivity contribution in [3.8, 4) is 0 Å². The van der Waals surface area contributed by atoms with Gasteiger partial charge in [0.15, 0.2) is 5.60 Å². The number of hydrogen-bond donors (Lipinski definition) is 3. The summed E-state index contributed by atoms with van der Waals surface area (Å²) in [6, 6.07) is 17.2. The predicted octanol–water partition coefficient (Wildman–Crippen LogP) is 2.13. The Balaban J connectivity index is 2.09. The highest BCUT2D eigenvalue weighted by Crippen LogP contribution is 2.41. The minimum Gasteiger partial charge on any atom is -0.396 e. The van der Waals surface area contributed by atoms with Crippen molar-refractivity contribution in [2.45, 2.75) is 12.0 Å². The lowest BCUT2D eigenvalue weighted by molar-refractivity contribution is 0.160. The number of nitrogens with one attached hydrogen (secondary N) is 1. The van der Waals surface area contributed by atoms with Gasteiger partial charge < -0.3 is 15.5 Å². The summed E-state index contributed by atoms with van der Waals surface area (Å²) in [6.07, 6.45) is 0.576. The van der Waals surface area contributed by atoms with Gasteiger partial charge in [0.25, 0.3) is 0 Å². The fraction of sp³-hybridized carbons (Fsp3) is 0.235. The molecule has 0 aromatic heterocycles. The first-order valence-electron chi connectivity index (χ1n) is 7.07. The Morgan fingerprint density at radius 3 is 2.48 bits per heavy atom. The molecule has 1 aliphatic heterocycles.